The molecule has 7 heteroatoms. The van der Waals surface area contributed by atoms with Crippen LogP contribution >= 0.6 is 0 Å². The maximum absolute atomic E-state index is 12.3. The number of alkyl halides is 2. The molecule has 0 spiro atoms. The number of carbonyl (C=O) groups excluding carboxylic acids is 1. The minimum Gasteiger partial charge on any atom is -0.493 e. The van der Waals surface area contributed by atoms with Gasteiger partial charge < -0.3 is 14.4 Å². The number of carbonyl (C=O) groups is 1. The largest absolute Gasteiger partial charge is 0.493 e. The van der Waals surface area contributed by atoms with Crippen molar-refractivity contribution in [2.45, 2.75) is 13.2 Å². The lowest BCUT2D eigenvalue weighted by Crippen LogP contribution is -2.24. The molecule has 0 atom stereocenters. The van der Waals surface area contributed by atoms with Crippen LogP contribution < -0.4 is 9.47 Å². The molecular weight excluding hydrogens is 354 g/mol. The van der Waals surface area contributed by atoms with Crippen molar-refractivity contribution in [2.24, 2.45) is 0 Å². The second kappa shape index (κ2) is 9.34. The van der Waals surface area contributed by atoms with E-state index in [-0.39, 0.29) is 17.4 Å². The first-order chi connectivity index (χ1) is 12.9. The van der Waals surface area contributed by atoms with Crippen LogP contribution in [-0.4, -0.2) is 31.6 Å². The summed E-state index contributed by atoms with van der Waals surface area (Å²) in [6.07, 6.45) is 2.94. The average Bonchev–Trinajstić information content (AvgIpc) is 2.67. The first-order valence-corrected chi connectivity index (χ1v) is 7.98. The van der Waals surface area contributed by atoms with E-state index in [9.17, 15) is 13.6 Å². The molecule has 0 radical (unpaired) electrons. The Kier molecular flexibility index (Phi) is 6.89. The van der Waals surface area contributed by atoms with E-state index in [1.165, 1.54) is 30.2 Å². The minimum absolute atomic E-state index is 0.0751. The summed E-state index contributed by atoms with van der Waals surface area (Å²) in [7, 11) is 3.00. The van der Waals surface area contributed by atoms with Crippen LogP contribution in [0, 0.1) is 11.3 Å². The van der Waals surface area contributed by atoms with E-state index in [2.05, 4.69) is 4.74 Å². The number of hydrogen-bond donors (Lipinski definition) is 0. The first kappa shape index (κ1) is 19.9. The number of benzene rings is 2. The van der Waals surface area contributed by atoms with Gasteiger partial charge in [0.05, 0.1) is 18.7 Å². The van der Waals surface area contributed by atoms with Gasteiger partial charge in [0.1, 0.15) is 0 Å². The van der Waals surface area contributed by atoms with Crippen LogP contribution in [0.4, 0.5) is 8.78 Å². The second-order valence-electron chi connectivity index (χ2n) is 5.63. The van der Waals surface area contributed by atoms with Crippen LogP contribution in [0.3, 0.4) is 0 Å². The summed E-state index contributed by atoms with van der Waals surface area (Å²) in [5.74, 6) is -0.156. The molecular formula is C20H18F2N2O3. The molecule has 0 aliphatic carbocycles. The van der Waals surface area contributed by atoms with Gasteiger partial charge >= 0.3 is 6.61 Å². The van der Waals surface area contributed by atoms with E-state index < -0.39 is 6.61 Å². The lowest BCUT2D eigenvalue weighted by Gasteiger charge is -2.15. The molecule has 0 N–H and O–H groups in total. The Labute approximate surface area is 156 Å². The Morgan fingerprint density at radius 1 is 1.22 bits per heavy atom. The number of methoxy groups -OCH3 is 1. The summed E-state index contributed by atoms with van der Waals surface area (Å²) in [5.41, 5.74) is 2.06. The van der Waals surface area contributed by atoms with Crippen LogP contribution in [0.5, 0.6) is 11.5 Å². The number of hydrogen-bond acceptors (Lipinski definition) is 4. The van der Waals surface area contributed by atoms with Gasteiger partial charge in [-0.3, -0.25) is 4.79 Å². The quantitative estimate of drug-likeness (QED) is 0.693. The number of rotatable bonds is 7. The normalized spacial score (nSPS) is 10.7. The summed E-state index contributed by atoms with van der Waals surface area (Å²) < 4.78 is 34.1. The van der Waals surface area contributed by atoms with Gasteiger partial charge in [0.25, 0.3) is 0 Å². The predicted octanol–water partition coefficient (Wildman–Crippen LogP) is 3.84. The zero-order chi connectivity index (χ0) is 19.8. The fraction of sp³-hybridized carbons (Fsp3) is 0.200. The molecule has 0 bridgehead atoms. The predicted molar refractivity (Wildman–Crippen MR) is 96.3 cm³/mol. The Morgan fingerprint density at radius 2 is 1.93 bits per heavy atom. The van der Waals surface area contributed by atoms with Gasteiger partial charge in [-0.25, -0.2) is 0 Å². The van der Waals surface area contributed by atoms with Crippen LogP contribution in [0.25, 0.3) is 6.08 Å². The highest BCUT2D eigenvalue weighted by Gasteiger charge is 2.11. The van der Waals surface area contributed by atoms with Gasteiger partial charge in [-0.15, -0.1) is 0 Å². The number of halogens is 2. The topological polar surface area (TPSA) is 62.6 Å². The highest BCUT2D eigenvalue weighted by atomic mass is 19.3. The summed E-state index contributed by atoms with van der Waals surface area (Å²) in [6, 6.07) is 13.4. The molecule has 140 valence electrons. The molecule has 1 amide bonds. The highest BCUT2D eigenvalue weighted by Crippen LogP contribution is 2.29. The third-order valence-corrected chi connectivity index (χ3v) is 3.70. The van der Waals surface area contributed by atoms with Crippen molar-refractivity contribution < 1.29 is 23.0 Å². The molecule has 5 nitrogen and oxygen atoms in total. The van der Waals surface area contributed by atoms with Gasteiger partial charge in [-0.1, -0.05) is 18.2 Å². The molecule has 0 fully saturated rings. The van der Waals surface area contributed by atoms with Gasteiger partial charge in [-0.2, -0.15) is 14.0 Å². The van der Waals surface area contributed by atoms with Crippen molar-refractivity contribution in [2.75, 3.05) is 14.2 Å². The smallest absolute Gasteiger partial charge is 0.387 e. The molecule has 0 saturated heterocycles. The lowest BCUT2D eigenvalue weighted by molar-refractivity contribution is -0.125. The van der Waals surface area contributed by atoms with Crippen molar-refractivity contribution in [1.29, 1.82) is 5.26 Å². The average molecular weight is 372 g/mol. The van der Waals surface area contributed by atoms with Crippen molar-refractivity contribution >= 4 is 12.0 Å². The lowest BCUT2D eigenvalue weighted by atomic mass is 10.1. The molecule has 0 aliphatic heterocycles. The molecule has 0 aliphatic rings. The van der Waals surface area contributed by atoms with Crippen molar-refractivity contribution in [3.8, 4) is 17.6 Å². The number of nitriles is 1. The maximum atomic E-state index is 12.3. The van der Waals surface area contributed by atoms with E-state index in [1.54, 1.807) is 43.5 Å². The highest BCUT2D eigenvalue weighted by molar-refractivity contribution is 5.91. The van der Waals surface area contributed by atoms with Crippen molar-refractivity contribution in [1.82, 2.24) is 4.90 Å². The molecule has 2 aromatic carbocycles. The fourth-order valence-corrected chi connectivity index (χ4v) is 2.31. The Hall–Kier alpha value is -3.40. The van der Waals surface area contributed by atoms with E-state index in [4.69, 9.17) is 10.00 Å². The second-order valence-corrected chi connectivity index (χ2v) is 5.63. The monoisotopic (exact) mass is 372 g/mol. The number of ether oxygens (including phenoxy) is 2. The molecule has 2 rings (SSSR count). The Bertz CT molecular complexity index is 859. The maximum Gasteiger partial charge on any atom is 0.387 e. The van der Waals surface area contributed by atoms with Crippen molar-refractivity contribution in [3.63, 3.8) is 0 Å². The summed E-state index contributed by atoms with van der Waals surface area (Å²) in [5, 5.41) is 8.80. The molecule has 0 heterocycles. The van der Waals surface area contributed by atoms with E-state index in [0.717, 1.165) is 5.56 Å². The van der Waals surface area contributed by atoms with Crippen LogP contribution in [-0.2, 0) is 11.3 Å². The van der Waals surface area contributed by atoms with Gasteiger partial charge in [-0.05, 0) is 41.5 Å². The first-order valence-electron chi connectivity index (χ1n) is 7.98. The minimum atomic E-state index is -2.95. The molecule has 0 saturated carbocycles. The van der Waals surface area contributed by atoms with Gasteiger partial charge in [0.15, 0.2) is 11.5 Å². The third kappa shape index (κ3) is 5.82. The van der Waals surface area contributed by atoms with E-state index in [1.807, 2.05) is 6.07 Å². The van der Waals surface area contributed by atoms with Gasteiger partial charge in [0, 0.05) is 19.7 Å². The zero-order valence-corrected chi connectivity index (χ0v) is 14.9. The zero-order valence-electron chi connectivity index (χ0n) is 14.9. The number of amides is 1. The van der Waals surface area contributed by atoms with E-state index >= 15 is 0 Å². The number of nitrogens with zero attached hydrogens (tertiary/aromatic N) is 2. The molecule has 0 aromatic heterocycles. The van der Waals surface area contributed by atoms with Crippen LogP contribution in [0.1, 0.15) is 16.7 Å². The third-order valence-electron chi connectivity index (χ3n) is 3.70. The molecule has 2 aromatic rings. The van der Waals surface area contributed by atoms with E-state index in [0.29, 0.717) is 17.7 Å². The SMILES string of the molecule is COc1cc(/C=C/C(=O)N(C)Cc2ccc(C#N)cc2)ccc1OC(F)F. The molecule has 0 unspecified atom stereocenters. The van der Waals surface area contributed by atoms with Crippen molar-refractivity contribution in [3.05, 3.63) is 65.2 Å². The van der Waals surface area contributed by atoms with Crippen LogP contribution in [0.15, 0.2) is 48.5 Å². The van der Waals surface area contributed by atoms with Crippen LogP contribution in [0.2, 0.25) is 0 Å². The summed E-state index contributed by atoms with van der Waals surface area (Å²) in [6.45, 7) is -2.56. The summed E-state index contributed by atoms with van der Waals surface area (Å²) >= 11 is 0. The van der Waals surface area contributed by atoms with Gasteiger partial charge in [0.2, 0.25) is 5.91 Å². The summed E-state index contributed by atoms with van der Waals surface area (Å²) in [4.78, 5) is 13.8. The fourth-order valence-electron chi connectivity index (χ4n) is 2.31. The Morgan fingerprint density at radius 3 is 2.52 bits per heavy atom. The standard InChI is InChI=1S/C20H18F2N2O3/c1-24(13-16-5-3-15(12-23)4-6-16)19(25)10-8-14-7-9-17(27-20(21)22)18(11-14)26-2/h3-11,20H,13H2,1-2H3/b10-8+. The number of likely N-dealkylation sites (N-methyl/N-ethyl adjacent to an activating group) is 1. The molecule has 27 heavy (non-hydrogen) atoms. The Balaban J connectivity index is 2.03.